The maximum absolute atomic E-state index is 10.2. The van der Waals surface area contributed by atoms with Gasteiger partial charge in [0, 0.05) is 6.07 Å². The summed E-state index contributed by atoms with van der Waals surface area (Å²) in [5.74, 6) is 1.09. The Morgan fingerprint density at radius 3 is 2.31 bits per heavy atom. The van der Waals surface area contributed by atoms with Gasteiger partial charge in [0.15, 0.2) is 0 Å². The fourth-order valence-corrected chi connectivity index (χ4v) is 3.26. The minimum atomic E-state index is -1.51. The minimum Gasteiger partial charge on any atom is -0.508 e. The maximum atomic E-state index is 10.2. The Balaban J connectivity index is 1.74. The molecule has 2 aromatic carbocycles. The number of methoxy groups -OCH3 is 1. The molecule has 0 saturated carbocycles. The van der Waals surface area contributed by atoms with Crippen molar-refractivity contribution >= 4 is 0 Å². The summed E-state index contributed by atoms with van der Waals surface area (Å²) in [5.41, 5.74) is 1.87. The molecular formula is C21H26O8. The number of aliphatic hydroxyl groups is 4. The third-order valence-corrected chi connectivity index (χ3v) is 4.89. The third-order valence-electron chi connectivity index (χ3n) is 4.89. The van der Waals surface area contributed by atoms with Crippen molar-refractivity contribution in [1.29, 1.82) is 0 Å². The van der Waals surface area contributed by atoms with Crippen LogP contribution in [-0.2, 0) is 17.6 Å². The van der Waals surface area contributed by atoms with E-state index < -0.39 is 37.3 Å². The van der Waals surface area contributed by atoms with Gasteiger partial charge in [-0.05, 0) is 48.2 Å². The molecule has 5 N–H and O–H groups in total. The Kier molecular flexibility index (Phi) is 6.94. The molecule has 0 aromatic heterocycles. The lowest BCUT2D eigenvalue weighted by Crippen LogP contribution is -2.60. The number of aromatic hydroxyl groups is 1. The Bertz CT molecular complexity index is 809. The summed E-state index contributed by atoms with van der Waals surface area (Å²) in [5, 5.41) is 48.8. The molecule has 1 heterocycles. The van der Waals surface area contributed by atoms with Crippen molar-refractivity contribution < 1.29 is 39.7 Å². The predicted octanol–water partition coefficient (Wildman–Crippen LogP) is 0.365. The number of aliphatic hydroxyl groups excluding tert-OH is 4. The standard InChI is InChI=1S/C21H26O8/c1-27-15-8-13(6-5-12-3-2-4-14(23)7-12)9-16(10-15)28-21-20(26)19(25)18(24)17(11-22)29-21/h2-4,7-10,17-26H,5-6,11H2,1H3/t17-,18-,19+,20-,21-/m1/s1. The number of hydrogen-bond donors (Lipinski definition) is 5. The van der Waals surface area contributed by atoms with E-state index in [9.17, 15) is 25.5 Å². The Morgan fingerprint density at radius 1 is 0.897 bits per heavy atom. The van der Waals surface area contributed by atoms with Gasteiger partial charge in [-0.25, -0.2) is 0 Å². The summed E-state index contributed by atoms with van der Waals surface area (Å²) in [4.78, 5) is 0. The van der Waals surface area contributed by atoms with E-state index in [4.69, 9.17) is 14.2 Å². The second-order valence-electron chi connectivity index (χ2n) is 7.00. The SMILES string of the molecule is COc1cc(CCc2cccc(O)c2)cc(O[C@@H]2O[C@H](CO)[C@@H](O)[C@H](O)[C@H]2O)c1. The fraction of sp³-hybridized carbons (Fsp3) is 0.429. The minimum absolute atomic E-state index is 0.208. The molecule has 8 heteroatoms. The largest absolute Gasteiger partial charge is 0.508 e. The molecule has 158 valence electrons. The molecule has 3 rings (SSSR count). The van der Waals surface area contributed by atoms with Crippen molar-refractivity contribution in [3.8, 4) is 17.2 Å². The van der Waals surface area contributed by atoms with E-state index in [1.54, 1.807) is 30.3 Å². The first-order valence-corrected chi connectivity index (χ1v) is 9.34. The molecule has 1 aliphatic rings. The zero-order valence-electron chi connectivity index (χ0n) is 16.0. The molecule has 0 aliphatic carbocycles. The molecule has 0 spiro atoms. The lowest BCUT2D eigenvalue weighted by molar-refractivity contribution is -0.277. The maximum Gasteiger partial charge on any atom is 0.229 e. The lowest BCUT2D eigenvalue weighted by Gasteiger charge is -2.39. The number of ether oxygens (including phenoxy) is 3. The predicted molar refractivity (Wildman–Crippen MR) is 103 cm³/mol. The van der Waals surface area contributed by atoms with Crippen molar-refractivity contribution in [2.75, 3.05) is 13.7 Å². The van der Waals surface area contributed by atoms with Gasteiger partial charge in [-0.3, -0.25) is 0 Å². The molecule has 0 bridgehead atoms. The van der Waals surface area contributed by atoms with Gasteiger partial charge >= 0.3 is 0 Å². The lowest BCUT2D eigenvalue weighted by atomic mass is 9.99. The summed E-state index contributed by atoms with van der Waals surface area (Å²) < 4.78 is 16.4. The molecule has 0 amide bonds. The highest BCUT2D eigenvalue weighted by atomic mass is 16.7. The monoisotopic (exact) mass is 406 g/mol. The van der Waals surface area contributed by atoms with Crippen LogP contribution >= 0.6 is 0 Å². The van der Waals surface area contributed by atoms with Crippen LogP contribution in [0.5, 0.6) is 17.2 Å². The molecule has 1 aliphatic heterocycles. The van der Waals surface area contributed by atoms with Crippen LogP contribution < -0.4 is 9.47 Å². The first-order valence-electron chi connectivity index (χ1n) is 9.34. The molecule has 0 unspecified atom stereocenters. The zero-order chi connectivity index (χ0) is 21.0. The van der Waals surface area contributed by atoms with Gasteiger partial charge in [-0.2, -0.15) is 0 Å². The number of phenolic OH excluding ortho intramolecular Hbond substituents is 1. The molecule has 29 heavy (non-hydrogen) atoms. The van der Waals surface area contributed by atoms with Crippen LogP contribution in [0.4, 0.5) is 0 Å². The Labute approximate surface area is 168 Å². The van der Waals surface area contributed by atoms with Crippen molar-refractivity contribution in [3.63, 3.8) is 0 Å². The highest BCUT2D eigenvalue weighted by Crippen LogP contribution is 2.28. The summed E-state index contributed by atoms with van der Waals surface area (Å²) in [6.45, 7) is -0.530. The van der Waals surface area contributed by atoms with Crippen molar-refractivity contribution in [3.05, 3.63) is 53.6 Å². The highest BCUT2D eigenvalue weighted by Gasteiger charge is 2.44. The van der Waals surface area contributed by atoms with Gasteiger partial charge < -0.3 is 39.7 Å². The number of aryl methyl sites for hydroxylation is 2. The quantitative estimate of drug-likeness (QED) is 0.446. The van der Waals surface area contributed by atoms with E-state index in [1.165, 1.54) is 7.11 Å². The van der Waals surface area contributed by atoms with Gasteiger partial charge in [0.2, 0.25) is 6.29 Å². The van der Waals surface area contributed by atoms with Crippen LogP contribution in [0.1, 0.15) is 11.1 Å². The topological polar surface area (TPSA) is 129 Å². The average molecular weight is 406 g/mol. The molecule has 2 aromatic rings. The van der Waals surface area contributed by atoms with Crippen LogP contribution in [0, 0.1) is 0 Å². The molecule has 8 nitrogen and oxygen atoms in total. The summed E-state index contributed by atoms with van der Waals surface area (Å²) in [6.07, 6.45) is -5.44. The van der Waals surface area contributed by atoms with Gasteiger partial charge in [-0.15, -0.1) is 0 Å². The number of rotatable bonds is 7. The van der Waals surface area contributed by atoms with E-state index in [-0.39, 0.29) is 5.75 Å². The van der Waals surface area contributed by atoms with E-state index in [0.717, 1.165) is 11.1 Å². The van der Waals surface area contributed by atoms with Gasteiger partial charge in [0.1, 0.15) is 41.7 Å². The number of phenols is 1. The molecule has 1 fully saturated rings. The first kappa shape index (κ1) is 21.4. The van der Waals surface area contributed by atoms with Gasteiger partial charge in [0.05, 0.1) is 13.7 Å². The smallest absolute Gasteiger partial charge is 0.229 e. The third kappa shape index (κ3) is 5.17. The second kappa shape index (κ2) is 9.43. The summed E-state index contributed by atoms with van der Waals surface area (Å²) in [7, 11) is 1.52. The van der Waals surface area contributed by atoms with E-state index >= 15 is 0 Å². The van der Waals surface area contributed by atoms with Crippen LogP contribution in [-0.4, -0.2) is 70.0 Å². The van der Waals surface area contributed by atoms with E-state index in [0.29, 0.717) is 24.3 Å². The molecule has 1 saturated heterocycles. The fourth-order valence-electron chi connectivity index (χ4n) is 3.26. The molecule has 5 atom stereocenters. The zero-order valence-corrected chi connectivity index (χ0v) is 16.0. The van der Waals surface area contributed by atoms with Crippen LogP contribution in [0.25, 0.3) is 0 Å². The van der Waals surface area contributed by atoms with Gasteiger partial charge in [-0.1, -0.05) is 12.1 Å². The van der Waals surface area contributed by atoms with Crippen LogP contribution in [0.2, 0.25) is 0 Å². The second-order valence-corrected chi connectivity index (χ2v) is 7.00. The highest BCUT2D eigenvalue weighted by molar-refractivity contribution is 5.39. The van der Waals surface area contributed by atoms with Crippen molar-refractivity contribution in [2.24, 2.45) is 0 Å². The first-order chi connectivity index (χ1) is 13.9. The van der Waals surface area contributed by atoms with Crippen LogP contribution in [0.3, 0.4) is 0 Å². The van der Waals surface area contributed by atoms with Crippen molar-refractivity contribution in [1.82, 2.24) is 0 Å². The van der Waals surface area contributed by atoms with Crippen molar-refractivity contribution in [2.45, 2.75) is 43.5 Å². The number of hydrogen-bond acceptors (Lipinski definition) is 8. The van der Waals surface area contributed by atoms with E-state index in [1.807, 2.05) is 12.1 Å². The van der Waals surface area contributed by atoms with E-state index in [2.05, 4.69) is 0 Å². The van der Waals surface area contributed by atoms with Crippen LogP contribution in [0.15, 0.2) is 42.5 Å². The Morgan fingerprint density at radius 2 is 1.62 bits per heavy atom. The Hall–Kier alpha value is -2.36. The normalized spacial score (nSPS) is 26.9. The average Bonchev–Trinajstić information content (AvgIpc) is 2.72. The molecular weight excluding hydrogens is 380 g/mol. The summed E-state index contributed by atoms with van der Waals surface area (Å²) in [6, 6.07) is 12.2. The molecule has 0 radical (unpaired) electrons. The van der Waals surface area contributed by atoms with Gasteiger partial charge in [0.25, 0.3) is 0 Å². The number of benzene rings is 2. The summed E-state index contributed by atoms with van der Waals surface area (Å²) >= 11 is 0.